The molecule has 2 aromatic heterocycles. The average Bonchev–Trinajstić information content (AvgIpc) is 3.07. The fourth-order valence-corrected chi connectivity index (χ4v) is 3.66. The monoisotopic (exact) mass is 363 g/mol. The fourth-order valence-electron chi connectivity index (χ4n) is 3.66. The van der Waals surface area contributed by atoms with Crippen molar-refractivity contribution in [2.24, 2.45) is 0 Å². The van der Waals surface area contributed by atoms with Crippen molar-refractivity contribution < 1.29 is 4.79 Å². The Balaban J connectivity index is 1.55. The summed E-state index contributed by atoms with van der Waals surface area (Å²) in [5.41, 5.74) is 3.92. The second-order valence-corrected chi connectivity index (χ2v) is 7.10. The molecule has 6 heteroatoms. The molecule has 1 aliphatic heterocycles. The minimum atomic E-state index is 0.231. The average molecular weight is 363 g/mol. The Kier molecular flexibility index (Phi) is 5.05. The molecule has 0 aliphatic carbocycles. The molecule has 0 unspecified atom stereocenters. The number of aromatic nitrogens is 3. The molecule has 1 fully saturated rings. The summed E-state index contributed by atoms with van der Waals surface area (Å²) in [5.74, 6) is 1.14. The van der Waals surface area contributed by atoms with Crippen LogP contribution in [-0.4, -0.2) is 44.8 Å². The zero-order valence-electron chi connectivity index (χ0n) is 15.7. The summed E-state index contributed by atoms with van der Waals surface area (Å²) in [5, 5.41) is 3.45. The number of carbonyl (C=O) groups is 1. The number of rotatable bonds is 5. The van der Waals surface area contributed by atoms with E-state index in [2.05, 4.69) is 35.4 Å². The second kappa shape index (κ2) is 7.78. The van der Waals surface area contributed by atoms with E-state index < -0.39 is 0 Å². The van der Waals surface area contributed by atoms with Crippen LogP contribution in [-0.2, 0) is 4.79 Å². The number of amides is 1. The van der Waals surface area contributed by atoms with Gasteiger partial charge in [0.15, 0.2) is 5.65 Å². The molecule has 4 rings (SSSR count). The van der Waals surface area contributed by atoms with Gasteiger partial charge in [-0.1, -0.05) is 23.8 Å². The summed E-state index contributed by atoms with van der Waals surface area (Å²) >= 11 is 0. The topological polar surface area (TPSA) is 62.5 Å². The van der Waals surface area contributed by atoms with Gasteiger partial charge in [-0.3, -0.25) is 14.2 Å². The predicted octanol–water partition coefficient (Wildman–Crippen LogP) is 3.52. The maximum atomic E-state index is 12.4. The molecule has 6 nitrogen and oxygen atoms in total. The molecule has 1 N–H and O–H groups in total. The number of anilines is 1. The standard InChI is InChI=1S/C21H25N5O/c1-16-6-5-7-17(14-16)20-21(26-13-10-22-15-18(26)24-20)23-9-8-19(27)25-11-3-2-4-12-25/h5-7,10,13-15,23H,2-4,8-9,11-12H2,1H3. The number of imidazole rings is 1. The normalized spacial score (nSPS) is 14.5. The van der Waals surface area contributed by atoms with Gasteiger partial charge in [-0.15, -0.1) is 0 Å². The first kappa shape index (κ1) is 17.5. The Hall–Kier alpha value is -2.89. The lowest BCUT2D eigenvalue weighted by Gasteiger charge is -2.26. The molecule has 1 saturated heterocycles. The van der Waals surface area contributed by atoms with Crippen LogP contribution in [0.4, 0.5) is 5.82 Å². The van der Waals surface area contributed by atoms with Crippen LogP contribution < -0.4 is 5.32 Å². The van der Waals surface area contributed by atoms with Gasteiger partial charge in [0.2, 0.25) is 5.91 Å². The van der Waals surface area contributed by atoms with Crippen LogP contribution in [0.15, 0.2) is 42.9 Å². The molecule has 0 spiro atoms. The van der Waals surface area contributed by atoms with Crippen molar-refractivity contribution in [2.45, 2.75) is 32.6 Å². The van der Waals surface area contributed by atoms with E-state index in [1.54, 1.807) is 12.4 Å². The first-order chi connectivity index (χ1) is 13.2. The van der Waals surface area contributed by atoms with Crippen LogP contribution in [0.3, 0.4) is 0 Å². The van der Waals surface area contributed by atoms with Crippen molar-refractivity contribution in [3.63, 3.8) is 0 Å². The number of likely N-dealkylation sites (tertiary alicyclic amines) is 1. The summed E-state index contributed by atoms with van der Waals surface area (Å²) in [6.45, 7) is 4.46. The van der Waals surface area contributed by atoms with Crippen molar-refractivity contribution in [2.75, 3.05) is 25.0 Å². The minimum Gasteiger partial charge on any atom is -0.369 e. The Morgan fingerprint density at radius 3 is 2.89 bits per heavy atom. The number of fused-ring (bicyclic) bond motifs is 1. The Labute approximate surface area is 159 Å². The Morgan fingerprint density at radius 2 is 2.07 bits per heavy atom. The summed E-state index contributed by atoms with van der Waals surface area (Å²) in [6, 6.07) is 8.30. The van der Waals surface area contributed by atoms with Crippen LogP contribution in [0.2, 0.25) is 0 Å². The van der Waals surface area contributed by atoms with E-state index >= 15 is 0 Å². The van der Waals surface area contributed by atoms with Crippen molar-refractivity contribution in [1.29, 1.82) is 0 Å². The van der Waals surface area contributed by atoms with Crippen LogP contribution in [0, 0.1) is 6.92 Å². The van der Waals surface area contributed by atoms with Gasteiger partial charge in [0, 0.05) is 44.0 Å². The number of hydrogen-bond donors (Lipinski definition) is 1. The number of carbonyl (C=O) groups excluding carboxylic acids is 1. The van der Waals surface area contributed by atoms with Crippen molar-refractivity contribution in [3.8, 4) is 11.3 Å². The van der Waals surface area contributed by atoms with Gasteiger partial charge in [-0.2, -0.15) is 0 Å². The van der Waals surface area contributed by atoms with Gasteiger partial charge in [0.05, 0.1) is 6.20 Å². The van der Waals surface area contributed by atoms with E-state index in [9.17, 15) is 4.79 Å². The zero-order chi connectivity index (χ0) is 18.6. The lowest BCUT2D eigenvalue weighted by molar-refractivity contribution is -0.131. The third-order valence-electron chi connectivity index (χ3n) is 5.06. The van der Waals surface area contributed by atoms with E-state index in [-0.39, 0.29) is 5.91 Å². The number of hydrogen-bond acceptors (Lipinski definition) is 4. The number of benzene rings is 1. The predicted molar refractivity (Wildman–Crippen MR) is 107 cm³/mol. The molecule has 1 aromatic carbocycles. The van der Waals surface area contributed by atoms with Crippen molar-refractivity contribution >= 4 is 17.4 Å². The second-order valence-electron chi connectivity index (χ2n) is 7.10. The molecule has 140 valence electrons. The molecule has 0 radical (unpaired) electrons. The zero-order valence-corrected chi connectivity index (χ0v) is 15.7. The molecule has 3 aromatic rings. The number of nitrogens with one attached hydrogen (secondary N) is 1. The van der Waals surface area contributed by atoms with Crippen molar-refractivity contribution in [3.05, 3.63) is 48.4 Å². The van der Waals surface area contributed by atoms with Gasteiger partial charge < -0.3 is 10.2 Å². The van der Waals surface area contributed by atoms with Gasteiger partial charge in [-0.05, 0) is 32.3 Å². The third-order valence-corrected chi connectivity index (χ3v) is 5.06. The van der Waals surface area contributed by atoms with Gasteiger partial charge in [0.25, 0.3) is 0 Å². The number of nitrogens with zero attached hydrogens (tertiary/aromatic N) is 4. The maximum Gasteiger partial charge on any atom is 0.224 e. The molecule has 3 heterocycles. The maximum absolute atomic E-state index is 12.4. The highest BCUT2D eigenvalue weighted by molar-refractivity contribution is 5.79. The van der Waals surface area contributed by atoms with Crippen LogP contribution in [0.1, 0.15) is 31.2 Å². The Bertz CT molecular complexity index is 943. The highest BCUT2D eigenvalue weighted by Crippen LogP contribution is 2.29. The van der Waals surface area contributed by atoms with Gasteiger partial charge in [0.1, 0.15) is 11.5 Å². The summed E-state index contributed by atoms with van der Waals surface area (Å²) in [7, 11) is 0. The van der Waals surface area contributed by atoms with Gasteiger partial charge in [-0.25, -0.2) is 4.98 Å². The van der Waals surface area contributed by atoms with E-state index in [0.29, 0.717) is 13.0 Å². The lowest BCUT2D eigenvalue weighted by atomic mass is 10.1. The molecular formula is C21H25N5O. The Morgan fingerprint density at radius 1 is 1.22 bits per heavy atom. The highest BCUT2D eigenvalue weighted by atomic mass is 16.2. The van der Waals surface area contributed by atoms with E-state index in [0.717, 1.165) is 48.7 Å². The quantitative estimate of drug-likeness (QED) is 0.753. The summed E-state index contributed by atoms with van der Waals surface area (Å²) in [4.78, 5) is 23.4. The van der Waals surface area contributed by atoms with E-state index in [1.165, 1.54) is 12.0 Å². The molecule has 0 saturated carbocycles. The molecule has 0 atom stereocenters. The van der Waals surface area contributed by atoms with Crippen LogP contribution in [0.25, 0.3) is 16.9 Å². The fraction of sp³-hybridized carbons (Fsp3) is 0.381. The lowest BCUT2D eigenvalue weighted by Crippen LogP contribution is -2.36. The van der Waals surface area contributed by atoms with Crippen molar-refractivity contribution in [1.82, 2.24) is 19.3 Å². The van der Waals surface area contributed by atoms with E-state index in [4.69, 9.17) is 4.98 Å². The molecular weight excluding hydrogens is 338 g/mol. The number of aryl methyl sites for hydroxylation is 1. The SMILES string of the molecule is Cc1cccc(-c2nc3cnccn3c2NCCC(=O)N2CCCCC2)c1. The van der Waals surface area contributed by atoms with Gasteiger partial charge >= 0.3 is 0 Å². The molecule has 27 heavy (non-hydrogen) atoms. The largest absolute Gasteiger partial charge is 0.369 e. The molecule has 1 aliphatic rings. The number of piperidine rings is 1. The third kappa shape index (κ3) is 3.79. The summed E-state index contributed by atoms with van der Waals surface area (Å²) in [6.07, 6.45) is 9.37. The summed E-state index contributed by atoms with van der Waals surface area (Å²) < 4.78 is 2.00. The first-order valence-electron chi connectivity index (χ1n) is 9.63. The van der Waals surface area contributed by atoms with Crippen LogP contribution in [0.5, 0.6) is 0 Å². The van der Waals surface area contributed by atoms with E-state index in [1.807, 2.05) is 21.6 Å². The smallest absolute Gasteiger partial charge is 0.224 e. The minimum absolute atomic E-state index is 0.231. The molecule has 1 amide bonds. The van der Waals surface area contributed by atoms with Crippen LogP contribution >= 0.6 is 0 Å². The highest BCUT2D eigenvalue weighted by Gasteiger charge is 2.18. The first-order valence-corrected chi connectivity index (χ1v) is 9.63. The molecule has 0 bridgehead atoms.